The van der Waals surface area contributed by atoms with Gasteiger partial charge in [-0.15, -0.1) is 0 Å². The van der Waals surface area contributed by atoms with Crippen LogP contribution in [0, 0.1) is 5.82 Å². The third-order valence-electron chi connectivity index (χ3n) is 4.03. The number of rotatable bonds is 7. The van der Waals surface area contributed by atoms with Crippen molar-refractivity contribution < 1.29 is 4.39 Å². The monoisotopic (exact) mass is 366 g/mol. The van der Waals surface area contributed by atoms with Crippen molar-refractivity contribution in [2.24, 2.45) is 4.99 Å². The number of guanidine groups is 1. The molecule has 0 amide bonds. The minimum absolute atomic E-state index is 0.253. The van der Waals surface area contributed by atoms with Gasteiger partial charge in [-0.05, 0) is 42.5 Å². The Hall–Kier alpha value is -3.22. The van der Waals surface area contributed by atoms with E-state index in [1.54, 1.807) is 30.1 Å². The van der Waals surface area contributed by atoms with Crippen LogP contribution in [0.5, 0.6) is 0 Å². The maximum Gasteiger partial charge on any atom is 0.191 e. The highest BCUT2D eigenvalue weighted by atomic mass is 19.1. The predicted molar refractivity (Wildman–Crippen MR) is 105 cm³/mol. The summed E-state index contributed by atoms with van der Waals surface area (Å²) in [5.41, 5.74) is 2.84. The highest BCUT2D eigenvalue weighted by molar-refractivity contribution is 5.79. The summed E-state index contributed by atoms with van der Waals surface area (Å²) in [5, 5.41) is 11.1. The van der Waals surface area contributed by atoms with E-state index in [0.29, 0.717) is 6.54 Å². The number of benzene rings is 1. The Morgan fingerprint density at radius 3 is 2.41 bits per heavy atom. The van der Waals surface area contributed by atoms with E-state index in [0.717, 1.165) is 42.4 Å². The van der Waals surface area contributed by atoms with Gasteiger partial charge in [-0.25, -0.2) is 9.07 Å². The largest absolute Gasteiger partial charge is 0.356 e. The number of halogens is 1. The average Bonchev–Trinajstić information content (AvgIpc) is 3.17. The minimum Gasteiger partial charge on any atom is -0.356 e. The molecule has 0 fully saturated rings. The zero-order chi connectivity index (χ0) is 18.9. The van der Waals surface area contributed by atoms with Crippen LogP contribution < -0.4 is 10.6 Å². The van der Waals surface area contributed by atoms with Gasteiger partial charge in [0.1, 0.15) is 5.82 Å². The molecule has 2 aromatic heterocycles. The minimum atomic E-state index is -0.253. The lowest BCUT2D eigenvalue weighted by molar-refractivity contribution is 0.627. The first-order valence-corrected chi connectivity index (χ1v) is 8.89. The van der Waals surface area contributed by atoms with Crippen molar-refractivity contribution in [1.29, 1.82) is 0 Å². The highest BCUT2D eigenvalue weighted by Gasteiger charge is 2.03. The van der Waals surface area contributed by atoms with Crippen molar-refractivity contribution in [1.82, 2.24) is 25.4 Å². The first-order valence-electron chi connectivity index (χ1n) is 8.89. The zero-order valence-corrected chi connectivity index (χ0v) is 15.3. The second-order valence-corrected chi connectivity index (χ2v) is 5.97. The maximum atomic E-state index is 13.0. The van der Waals surface area contributed by atoms with E-state index in [9.17, 15) is 4.39 Å². The van der Waals surface area contributed by atoms with E-state index in [2.05, 4.69) is 25.7 Å². The lowest BCUT2D eigenvalue weighted by atomic mass is 10.3. The lowest BCUT2D eigenvalue weighted by Crippen LogP contribution is -2.39. The van der Waals surface area contributed by atoms with Gasteiger partial charge in [0.15, 0.2) is 5.96 Å². The average molecular weight is 366 g/mol. The van der Waals surface area contributed by atoms with Gasteiger partial charge in [-0.1, -0.05) is 6.07 Å². The van der Waals surface area contributed by atoms with Crippen LogP contribution in [0.1, 0.15) is 11.4 Å². The van der Waals surface area contributed by atoms with E-state index >= 15 is 0 Å². The Balaban J connectivity index is 1.42. The van der Waals surface area contributed by atoms with Crippen LogP contribution in [0.2, 0.25) is 0 Å². The third kappa shape index (κ3) is 5.64. The number of aliphatic imine (C=N–C) groups is 1. The van der Waals surface area contributed by atoms with Gasteiger partial charge in [-0.3, -0.25) is 9.98 Å². The van der Waals surface area contributed by atoms with Crippen LogP contribution in [-0.2, 0) is 12.8 Å². The van der Waals surface area contributed by atoms with Crippen LogP contribution in [0.3, 0.4) is 0 Å². The molecule has 0 saturated heterocycles. The second kappa shape index (κ2) is 9.47. The maximum absolute atomic E-state index is 13.0. The molecule has 0 aliphatic rings. The van der Waals surface area contributed by atoms with Crippen molar-refractivity contribution in [3.05, 3.63) is 78.1 Å². The molecule has 6 nitrogen and oxygen atoms in total. The molecule has 27 heavy (non-hydrogen) atoms. The second-order valence-electron chi connectivity index (χ2n) is 5.97. The van der Waals surface area contributed by atoms with Crippen LogP contribution in [0.4, 0.5) is 4.39 Å². The number of hydrogen-bond donors (Lipinski definition) is 2. The summed E-state index contributed by atoms with van der Waals surface area (Å²) >= 11 is 0. The van der Waals surface area contributed by atoms with Gasteiger partial charge < -0.3 is 10.6 Å². The smallest absolute Gasteiger partial charge is 0.191 e. The summed E-state index contributed by atoms with van der Waals surface area (Å²) < 4.78 is 14.8. The first-order chi connectivity index (χ1) is 13.2. The van der Waals surface area contributed by atoms with E-state index in [1.165, 1.54) is 12.1 Å². The topological polar surface area (TPSA) is 67.1 Å². The number of pyridine rings is 1. The van der Waals surface area contributed by atoms with Crippen molar-refractivity contribution in [2.45, 2.75) is 12.8 Å². The molecule has 140 valence electrons. The summed E-state index contributed by atoms with van der Waals surface area (Å²) in [6, 6.07) is 14.1. The summed E-state index contributed by atoms with van der Waals surface area (Å²) in [6.45, 7) is 1.47. The Kier molecular flexibility index (Phi) is 6.51. The lowest BCUT2D eigenvalue weighted by Gasteiger charge is -2.11. The third-order valence-corrected chi connectivity index (χ3v) is 4.03. The number of hydrogen-bond acceptors (Lipinski definition) is 3. The molecule has 0 aliphatic carbocycles. The van der Waals surface area contributed by atoms with E-state index in [4.69, 9.17) is 0 Å². The molecule has 0 unspecified atom stereocenters. The fourth-order valence-corrected chi connectivity index (χ4v) is 2.62. The Bertz CT molecular complexity index is 858. The predicted octanol–water partition coefficient (Wildman–Crippen LogP) is 2.36. The molecule has 0 atom stereocenters. The standard InChI is InChI=1S/C20H23FN6/c1-22-20(24-13-9-17-4-2-3-12-23-17)25-14-10-18-11-15-27(26-18)19-7-5-16(21)6-8-19/h2-8,11-12,15H,9-10,13-14H2,1H3,(H2,22,24,25). The molecule has 0 saturated carbocycles. The fraction of sp³-hybridized carbons (Fsp3) is 0.250. The van der Waals surface area contributed by atoms with Crippen molar-refractivity contribution in [3.8, 4) is 5.69 Å². The normalized spacial score (nSPS) is 11.4. The van der Waals surface area contributed by atoms with Crippen LogP contribution in [0.15, 0.2) is 65.9 Å². The van der Waals surface area contributed by atoms with Gasteiger partial charge >= 0.3 is 0 Å². The Morgan fingerprint density at radius 2 is 1.74 bits per heavy atom. The zero-order valence-electron chi connectivity index (χ0n) is 15.3. The van der Waals surface area contributed by atoms with Crippen LogP contribution in [-0.4, -0.2) is 40.9 Å². The molecule has 3 rings (SSSR count). The van der Waals surface area contributed by atoms with Crippen molar-refractivity contribution in [3.63, 3.8) is 0 Å². The molecule has 0 spiro atoms. The molecule has 7 heteroatoms. The summed E-state index contributed by atoms with van der Waals surface area (Å²) in [6.07, 6.45) is 5.27. The SMILES string of the molecule is CN=C(NCCc1ccccn1)NCCc1ccn(-c2ccc(F)cc2)n1. The molecule has 0 bridgehead atoms. The molecule has 3 aromatic rings. The Morgan fingerprint density at radius 1 is 1.00 bits per heavy atom. The summed E-state index contributed by atoms with van der Waals surface area (Å²) in [4.78, 5) is 8.53. The van der Waals surface area contributed by atoms with Crippen LogP contribution >= 0.6 is 0 Å². The quantitative estimate of drug-likeness (QED) is 0.498. The molecule has 0 radical (unpaired) electrons. The van der Waals surface area contributed by atoms with Crippen molar-refractivity contribution in [2.75, 3.05) is 20.1 Å². The van der Waals surface area contributed by atoms with E-state index in [1.807, 2.05) is 30.5 Å². The molecule has 1 aromatic carbocycles. The first kappa shape index (κ1) is 18.6. The van der Waals surface area contributed by atoms with Gasteiger partial charge in [0.2, 0.25) is 0 Å². The number of nitrogens with zero attached hydrogens (tertiary/aromatic N) is 4. The summed E-state index contributed by atoms with van der Waals surface area (Å²) in [5.74, 6) is 0.501. The van der Waals surface area contributed by atoms with Gasteiger partial charge in [-0.2, -0.15) is 5.10 Å². The van der Waals surface area contributed by atoms with Gasteiger partial charge in [0.05, 0.1) is 11.4 Å². The molecule has 2 heterocycles. The van der Waals surface area contributed by atoms with Gasteiger partial charge in [0.25, 0.3) is 0 Å². The fourth-order valence-electron chi connectivity index (χ4n) is 2.62. The van der Waals surface area contributed by atoms with Crippen molar-refractivity contribution >= 4 is 5.96 Å². The Labute approximate surface area is 158 Å². The molecule has 2 N–H and O–H groups in total. The highest BCUT2D eigenvalue weighted by Crippen LogP contribution is 2.09. The molecular weight excluding hydrogens is 343 g/mol. The summed E-state index contributed by atoms with van der Waals surface area (Å²) in [7, 11) is 1.75. The number of nitrogens with one attached hydrogen (secondary N) is 2. The van der Waals surface area contributed by atoms with E-state index < -0.39 is 0 Å². The molecule has 0 aliphatic heterocycles. The van der Waals surface area contributed by atoms with E-state index in [-0.39, 0.29) is 5.82 Å². The van der Waals surface area contributed by atoms with Crippen LogP contribution in [0.25, 0.3) is 5.69 Å². The molecular formula is C20H23FN6. The van der Waals surface area contributed by atoms with Gasteiger partial charge in [0, 0.05) is 51.1 Å². The number of aromatic nitrogens is 3.